The molecule has 16 heavy (non-hydrogen) atoms. The zero-order valence-electron chi connectivity index (χ0n) is 9.59. The lowest BCUT2D eigenvalue weighted by Crippen LogP contribution is -2.07. The Morgan fingerprint density at radius 3 is 2.75 bits per heavy atom. The van der Waals surface area contributed by atoms with Gasteiger partial charge in [0.15, 0.2) is 0 Å². The van der Waals surface area contributed by atoms with Crippen LogP contribution in [0, 0.1) is 0 Å². The van der Waals surface area contributed by atoms with E-state index in [0.717, 1.165) is 28.4 Å². The predicted octanol–water partition coefficient (Wildman–Crippen LogP) is 3.41. The van der Waals surface area contributed by atoms with Crippen molar-refractivity contribution in [1.82, 2.24) is 9.97 Å². The van der Waals surface area contributed by atoms with E-state index in [0.29, 0.717) is 5.92 Å². The van der Waals surface area contributed by atoms with Crippen LogP contribution in [0.15, 0.2) is 4.47 Å². The van der Waals surface area contributed by atoms with Gasteiger partial charge >= 0.3 is 0 Å². The minimum absolute atomic E-state index is 0.649. The van der Waals surface area contributed by atoms with E-state index in [1.165, 1.54) is 18.5 Å². The molecule has 3 nitrogen and oxygen atoms in total. The van der Waals surface area contributed by atoms with Gasteiger partial charge in [-0.2, -0.15) is 11.8 Å². The minimum Gasteiger partial charge on any atom is -0.369 e. The van der Waals surface area contributed by atoms with Crippen molar-refractivity contribution in [2.75, 3.05) is 18.1 Å². The molecule has 0 radical (unpaired) electrons. The molecule has 5 heteroatoms. The Labute approximate surface area is 109 Å². The first kappa shape index (κ1) is 12.2. The number of nitrogens with zero attached hydrogens (tertiary/aromatic N) is 2. The monoisotopic (exact) mass is 301 g/mol. The van der Waals surface area contributed by atoms with Gasteiger partial charge in [-0.05, 0) is 42.0 Å². The molecule has 88 valence electrons. The maximum atomic E-state index is 4.65. The molecule has 0 atom stereocenters. The highest BCUT2D eigenvalue weighted by molar-refractivity contribution is 9.10. The Kier molecular flexibility index (Phi) is 4.08. The maximum Gasteiger partial charge on any atom is 0.144 e. The number of thioether (sulfide) groups is 1. The van der Waals surface area contributed by atoms with Crippen LogP contribution in [0.2, 0.25) is 0 Å². The van der Waals surface area contributed by atoms with Gasteiger partial charge in [-0.1, -0.05) is 0 Å². The standard InChI is InChI=1S/C11H16BrN3S/c1-3-13-11-9(12)10(7-4-5-7)14-8(15-11)6-16-2/h7H,3-6H2,1-2H3,(H,13,14,15). The highest BCUT2D eigenvalue weighted by Crippen LogP contribution is 2.43. The second-order valence-electron chi connectivity index (χ2n) is 3.93. The lowest BCUT2D eigenvalue weighted by Gasteiger charge is -2.11. The van der Waals surface area contributed by atoms with Gasteiger partial charge in [0.1, 0.15) is 11.6 Å². The van der Waals surface area contributed by atoms with Crippen molar-refractivity contribution in [2.45, 2.75) is 31.4 Å². The Morgan fingerprint density at radius 1 is 1.44 bits per heavy atom. The predicted molar refractivity (Wildman–Crippen MR) is 73.1 cm³/mol. The molecule has 0 spiro atoms. The van der Waals surface area contributed by atoms with Gasteiger partial charge < -0.3 is 5.32 Å². The minimum atomic E-state index is 0.649. The molecule has 1 saturated carbocycles. The average Bonchev–Trinajstić information content (AvgIpc) is 3.07. The number of hydrogen-bond donors (Lipinski definition) is 1. The zero-order valence-corrected chi connectivity index (χ0v) is 12.0. The van der Waals surface area contributed by atoms with E-state index in [1.807, 2.05) is 0 Å². The quantitative estimate of drug-likeness (QED) is 0.904. The summed E-state index contributed by atoms with van der Waals surface area (Å²) in [5.41, 5.74) is 1.19. The number of hydrogen-bond acceptors (Lipinski definition) is 4. The van der Waals surface area contributed by atoms with Crippen molar-refractivity contribution in [1.29, 1.82) is 0 Å². The number of halogens is 1. The number of aromatic nitrogens is 2. The molecule has 1 aliphatic carbocycles. The molecule has 0 unspecified atom stereocenters. The van der Waals surface area contributed by atoms with Crippen molar-refractivity contribution in [3.8, 4) is 0 Å². The molecule has 1 heterocycles. The Hall–Kier alpha value is -0.290. The van der Waals surface area contributed by atoms with Crippen LogP contribution < -0.4 is 5.32 Å². The fourth-order valence-corrected chi connectivity index (χ4v) is 2.65. The van der Waals surface area contributed by atoms with Gasteiger partial charge in [0, 0.05) is 12.5 Å². The number of nitrogens with one attached hydrogen (secondary N) is 1. The molecule has 0 aliphatic heterocycles. The summed E-state index contributed by atoms with van der Waals surface area (Å²) >= 11 is 5.37. The summed E-state index contributed by atoms with van der Waals surface area (Å²) in [6, 6.07) is 0. The molecule has 0 aromatic carbocycles. The summed E-state index contributed by atoms with van der Waals surface area (Å²) < 4.78 is 1.06. The number of anilines is 1. The molecule has 0 bridgehead atoms. The summed E-state index contributed by atoms with van der Waals surface area (Å²) in [7, 11) is 0. The average molecular weight is 302 g/mol. The maximum absolute atomic E-state index is 4.65. The van der Waals surface area contributed by atoms with Crippen LogP contribution >= 0.6 is 27.7 Å². The Morgan fingerprint density at radius 2 is 2.19 bits per heavy atom. The molecule has 0 saturated heterocycles. The molecule has 2 rings (SSSR count). The summed E-state index contributed by atoms with van der Waals surface area (Å²) in [5, 5.41) is 3.29. The van der Waals surface area contributed by atoms with E-state index in [9.17, 15) is 0 Å². The van der Waals surface area contributed by atoms with E-state index in [-0.39, 0.29) is 0 Å². The highest BCUT2D eigenvalue weighted by Gasteiger charge is 2.29. The normalized spacial score (nSPS) is 15.2. The summed E-state index contributed by atoms with van der Waals surface area (Å²) in [6.07, 6.45) is 4.61. The smallest absolute Gasteiger partial charge is 0.144 e. The molecular weight excluding hydrogens is 286 g/mol. The third kappa shape index (κ3) is 2.69. The van der Waals surface area contributed by atoms with Crippen LogP contribution in [0.1, 0.15) is 37.2 Å². The Balaban J connectivity index is 2.34. The first-order chi connectivity index (χ1) is 7.76. The number of rotatable bonds is 5. The molecule has 1 aromatic rings. The highest BCUT2D eigenvalue weighted by atomic mass is 79.9. The SMILES string of the molecule is CCNc1nc(CSC)nc(C2CC2)c1Br. The molecule has 1 aliphatic rings. The lowest BCUT2D eigenvalue weighted by atomic mass is 10.2. The van der Waals surface area contributed by atoms with Crippen LogP contribution in [0.5, 0.6) is 0 Å². The third-order valence-electron chi connectivity index (χ3n) is 2.50. The first-order valence-corrected chi connectivity index (χ1v) is 7.74. The molecule has 1 N–H and O–H groups in total. The largest absolute Gasteiger partial charge is 0.369 e. The first-order valence-electron chi connectivity index (χ1n) is 5.55. The molecule has 1 aromatic heterocycles. The van der Waals surface area contributed by atoms with E-state index >= 15 is 0 Å². The van der Waals surface area contributed by atoms with Crippen molar-refractivity contribution < 1.29 is 0 Å². The fourth-order valence-electron chi connectivity index (χ4n) is 1.62. The molecular formula is C11H16BrN3S. The van der Waals surface area contributed by atoms with Crippen LogP contribution in [0.25, 0.3) is 0 Å². The van der Waals surface area contributed by atoms with Gasteiger partial charge in [-0.25, -0.2) is 9.97 Å². The van der Waals surface area contributed by atoms with Crippen molar-refractivity contribution >= 4 is 33.5 Å². The summed E-state index contributed by atoms with van der Waals surface area (Å²) in [5.74, 6) is 3.41. The second kappa shape index (κ2) is 5.36. The van der Waals surface area contributed by atoms with Gasteiger partial charge in [-0.15, -0.1) is 0 Å². The van der Waals surface area contributed by atoms with Crippen LogP contribution in [0.3, 0.4) is 0 Å². The molecule has 0 amide bonds. The summed E-state index contributed by atoms with van der Waals surface area (Å²) in [4.78, 5) is 9.18. The van der Waals surface area contributed by atoms with Crippen LogP contribution in [-0.4, -0.2) is 22.8 Å². The topological polar surface area (TPSA) is 37.8 Å². The van der Waals surface area contributed by atoms with Crippen LogP contribution in [0.4, 0.5) is 5.82 Å². The van der Waals surface area contributed by atoms with Crippen molar-refractivity contribution in [3.63, 3.8) is 0 Å². The zero-order chi connectivity index (χ0) is 11.5. The van der Waals surface area contributed by atoms with Crippen molar-refractivity contribution in [3.05, 3.63) is 16.0 Å². The van der Waals surface area contributed by atoms with Crippen molar-refractivity contribution in [2.24, 2.45) is 0 Å². The third-order valence-corrected chi connectivity index (χ3v) is 3.83. The van der Waals surface area contributed by atoms with Gasteiger partial charge in [-0.3, -0.25) is 0 Å². The fraction of sp³-hybridized carbons (Fsp3) is 0.636. The van der Waals surface area contributed by atoms with E-state index in [4.69, 9.17) is 0 Å². The van der Waals surface area contributed by atoms with E-state index in [2.05, 4.69) is 44.4 Å². The van der Waals surface area contributed by atoms with E-state index < -0.39 is 0 Å². The van der Waals surface area contributed by atoms with Gasteiger partial charge in [0.2, 0.25) is 0 Å². The lowest BCUT2D eigenvalue weighted by molar-refractivity contribution is 0.917. The van der Waals surface area contributed by atoms with Crippen LogP contribution in [-0.2, 0) is 5.75 Å². The van der Waals surface area contributed by atoms with E-state index in [1.54, 1.807) is 11.8 Å². The summed E-state index contributed by atoms with van der Waals surface area (Å²) in [6.45, 7) is 2.97. The van der Waals surface area contributed by atoms with Gasteiger partial charge in [0.25, 0.3) is 0 Å². The Bertz CT molecular complexity index is 380. The van der Waals surface area contributed by atoms with Gasteiger partial charge in [0.05, 0.1) is 15.9 Å². The molecule has 1 fully saturated rings. The second-order valence-corrected chi connectivity index (χ2v) is 5.58.